The first-order valence-corrected chi connectivity index (χ1v) is 7.31. The molecule has 1 fully saturated rings. The van der Waals surface area contributed by atoms with Crippen molar-refractivity contribution in [3.05, 3.63) is 35.9 Å². The second kappa shape index (κ2) is 6.75. The maximum Gasteiger partial charge on any atom is 0.407 e. The van der Waals surface area contributed by atoms with Gasteiger partial charge >= 0.3 is 6.09 Å². The van der Waals surface area contributed by atoms with Crippen LogP contribution in [0, 0.1) is 0 Å². The Morgan fingerprint density at radius 2 is 1.95 bits per heavy atom. The molecule has 0 saturated carbocycles. The summed E-state index contributed by atoms with van der Waals surface area (Å²) in [5, 5.41) is 2.69. The molecule has 4 heteroatoms. The summed E-state index contributed by atoms with van der Waals surface area (Å²) < 4.78 is 5.45. The number of alkyl carbamates (subject to hydrolysis) is 1. The van der Waals surface area contributed by atoms with Gasteiger partial charge in [-0.15, -0.1) is 0 Å². The van der Waals surface area contributed by atoms with Crippen LogP contribution in [0.4, 0.5) is 4.79 Å². The highest BCUT2D eigenvalue weighted by atomic mass is 16.5. The van der Waals surface area contributed by atoms with Gasteiger partial charge in [-0.05, 0) is 45.5 Å². The predicted octanol–water partition coefficient (Wildman–Crippen LogP) is 2.40. The van der Waals surface area contributed by atoms with Crippen molar-refractivity contribution in [3.63, 3.8) is 0 Å². The van der Waals surface area contributed by atoms with Crippen molar-refractivity contribution in [2.24, 2.45) is 0 Å². The molecule has 0 spiro atoms. The third-order valence-electron chi connectivity index (χ3n) is 4.13. The smallest absolute Gasteiger partial charge is 0.407 e. The first kappa shape index (κ1) is 14.9. The van der Waals surface area contributed by atoms with Crippen molar-refractivity contribution in [2.75, 3.05) is 33.3 Å². The molecule has 2 rings (SSSR count). The number of rotatable bonds is 4. The van der Waals surface area contributed by atoms with Gasteiger partial charge in [0.2, 0.25) is 0 Å². The van der Waals surface area contributed by atoms with Crippen LogP contribution in [0.5, 0.6) is 0 Å². The summed E-state index contributed by atoms with van der Waals surface area (Å²) in [6.45, 7) is 5.02. The first-order chi connectivity index (χ1) is 9.66. The van der Waals surface area contributed by atoms with Crippen molar-refractivity contribution in [1.82, 2.24) is 10.2 Å². The number of nitrogens with zero attached hydrogens (tertiary/aromatic N) is 1. The average molecular weight is 276 g/mol. The second-order valence-corrected chi connectivity index (χ2v) is 5.56. The van der Waals surface area contributed by atoms with E-state index in [0.29, 0.717) is 13.2 Å². The molecule has 0 atom stereocenters. The van der Waals surface area contributed by atoms with E-state index in [1.807, 2.05) is 13.0 Å². The molecule has 0 unspecified atom stereocenters. The van der Waals surface area contributed by atoms with Crippen LogP contribution in [0.3, 0.4) is 0 Å². The minimum Gasteiger partial charge on any atom is -0.449 e. The summed E-state index contributed by atoms with van der Waals surface area (Å²) >= 11 is 0. The van der Waals surface area contributed by atoms with Gasteiger partial charge in [-0.25, -0.2) is 4.79 Å². The number of piperidine rings is 1. The van der Waals surface area contributed by atoms with E-state index in [2.05, 4.69) is 41.5 Å². The number of carbonyl (C=O) groups excluding carboxylic acids is 1. The number of carbonyl (C=O) groups is 1. The minimum atomic E-state index is -0.318. The molecule has 0 aromatic heterocycles. The lowest BCUT2D eigenvalue weighted by Gasteiger charge is -2.40. The normalized spacial score (nSPS) is 18.5. The Balaban J connectivity index is 2.11. The molecule has 110 valence electrons. The highest BCUT2D eigenvalue weighted by Crippen LogP contribution is 2.35. The first-order valence-electron chi connectivity index (χ1n) is 7.31. The Kier molecular flexibility index (Phi) is 5.01. The molecular weight excluding hydrogens is 252 g/mol. The maximum absolute atomic E-state index is 11.6. The molecule has 1 aromatic carbocycles. The van der Waals surface area contributed by atoms with Gasteiger partial charge in [0.05, 0.1) is 0 Å². The third-order valence-corrected chi connectivity index (χ3v) is 4.13. The molecule has 1 amide bonds. The summed E-state index contributed by atoms with van der Waals surface area (Å²) in [6.07, 6.45) is 1.72. The molecule has 1 aliphatic rings. The molecular formula is C16H24N2O2. The van der Waals surface area contributed by atoms with Crippen LogP contribution >= 0.6 is 0 Å². The molecule has 1 saturated heterocycles. The molecule has 4 nitrogen and oxygen atoms in total. The van der Waals surface area contributed by atoms with E-state index in [0.717, 1.165) is 25.9 Å². The summed E-state index contributed by atoms with van der Waals surface area (Å²) in [6, 6.07) is 10.4. The van der Waals surface area contributed by atoms with E-state index in [4.69, 9.17) is 4.74 Å². The number of likely N-dealkylation sites (tertiary alicyclic amines) is 1. The van der Waals surface area contributed by atoms with Gasteiger partial charge in [0.25, 0.3) is 0 Å². The lowest BCUT2D eigenvalue weighted by Crippen LogP contribution is -2.45. The SMILES string of the molecule is CCNC(=O)OCC1(c2ccccc2)CCN(C)CC1. The van der Waals surface area contributed by atoms with Crippen molar-refractivity contribution in [3.8, 4) is 0 Å². The van der Waals surface area contributed by atoms with Crippen molar-refractivity contribution >= 4 is 6.09 Å². The van der Waals surface area contributed by atoms with Gasteiger partial charge in [-0.2, -0.15) is 0 Å². The largest absolute Gasteiger partial charge is 0.449 e. The van der Waals surface area contributed by atoms with Gasteiger partial charge < -0.3 is 15.0 Å². The highest BCUT2D eigenvalue weighted by molar-refractivity contribution is 5.67. The van der Waals surface area contributed by atoms with Gasteiger partial charge in [-0.1, -0.05) is 30.3 Å². The third kappa shape index (κ3) is 3.51. The summed E-state index contributed by atoms with van der Waals surface area (Å²) in [4.78, 5) is 13.9. The van der Waals surface area contributed by atoms with Crippen LogP contribution in [0.2, 0.25) is 0 Å². The van der Waals surface area contributed by atoms with E-state index in [1.54, 1.807) is 0 Å². The molecule has 20 heavy (non-hydrogen) atoms. The Hall–Kier alpha value is -1.55. The number of ether oxygens (including phenoxy) is 1. The number of amides is 1. The van der Waals surface area contributed by atoms with E-state index < -0.39 is 0 Å². The zero-order valence-corrected chi connectivity index (χ0v) is 12.4. The van der Waals surface area contributed by atoms with Crippen LogP contribution < -0.4 is 5.32 Å². The molecule has 1 aliphatic heterocycles. The summed E-state index contributed by atoms with van der Waals surface area (Å²) in [7, 11) is 2.14. The molecule has 0 radical (unpaired) electrons. The Labute approximate surface area is 121 Å². The maximum atomic E-state index is 11.6. The molecule has 1 heterocycles. The van der Waals surface area contributed by atoms with E-state index >= 15 is 0 Å². The van der Waals surface area contributed by atoms with Gasteiger partial charge in [-0.3, -0.25) is 0 Å². The van der Waals surface area contributed by atoms with Crippen LogP contribution in [-0.2, 0) is 10.2 Å². The standard InChI is InChI=1S/C16H24N2O2/c1-3-17-15(19)20-13-16(9-11-18(2)12-10-16)14-7-5-4-6-8-14/h4-8H,3,9-13H2,1-2H3,(H,17,19). The van der Waals surface area contributed by atoms with Gasteiger partial charge in [0.1, 0.15) is 6.61 Å². The van der Waals surface area contributed by atoms with Gasteiger partial charge in [0.15, 0.2) is 0 Å². The Morgan fingerprint density at radius 1 is 1.30 bits per heavy atom. The zero-order valence-electron chi connectivity index (χ0n) is 12.4. The van der Waals surface area contributed by atoms with Gasteiger partial charge in [0, 0.05) is 12.0 Å². The van der Waals surface area contributed by atoms with Crippen molar-refractivity contribution < 1.29 is 9.53 Å². The molecule has 0 bridgehead atoms. The molecule has 1 N–H and O–H groups in total. The number of nitrogens with one attached hydrogen (secondary N) is 1. The number of hydrogen-bond acceptors (Lipinski definition) is 3. The quantitative estimate of drug-likeness (QED) is 0.918. The number of hydrogen-bond donors (Lipinski definition) is 1. The van der Waals surface area contributed by atoms with Crippen molar-refractivity contribution in [2.45, 2.75) is 25.2 Å². The topological polar surface area (TPSA) is 41.6 Å². The molecule has 1 aromatic rings. The van der Waals surface area contributed by atoms with E-state index in [1.165, 1.54) is 5.56 Å². The van der Waals surface area contributed by atoms with Crippen LogP contribution in [0.1, 0.15) is 25.3 Å². The van der Waals surface area contributed by atoms with Crippen LogP contribution in [0.15, 0.2) is 30.3 Å². The van der Waals surface area contributed by atoms with Crippen LogP contribution in [-0.4, -0.2) is 44.3 Å². The zero-order chi connectivity index (χ0) is 14.4. The second-order valence-electron chi connectivity index (χ2n) is 5.56. The fourth-order valence-corrected chi connectivity index (χ4v) is 2.75. The number of benzene rings is 1. The average Bonchev–Trinajstić information content (AvgIpc) is 2.48. The summed E-state index contributed by atoms with van der Waals surface area (Å²) in [5.74, 6) is 0. The summed E-state index contributed by atoms with van der Waals surface area (Å²) in [5.41, 5.74) is 1.23. The lowest BCUT2D eigenvalue weighted by molar-refractivity contribution is 0.0822. The highest BCUT2D eigenvalue weighted by Gasteiger charge is 2.36. The lowest BCUT2D eigenvalue weighted by atomic mass is 9.73. The fraction of sp³-hybridized carbons (Fsp3) is 0.562. The van der Waals surface area contributed by atoms with Crippen LogP contribution in [0.25, 0.3) is 0 Å². The monoisotopic (exact) mass is 276 g/mol. The van der Waals surface area contributed by atoms with E-state index in [-0.39, 0.29) is 11.5 Å². The fourth-order valence-electron chi connectivity index (χ4n) is 2.75. The molecule has 0 aliphatic carbocycles. The Bertz CT molecular complexity index is 425. The van der Waals surface area contributed by atoms with Crippen molar-refractivity contribution in [1.29, 1.82) is 0 Å². The minimum absolute atomic E-state index is 0.0428. The van der Waals surface area contributed by atoms with E-state index in [9.17, 15) is 4.79 Å². The predicted molar refractivity (Wildman–Crippen MR) is 79.9 cm³/mol. The Morgan fingerprint density at radius 3 is 2.55 bits per heavy atom.